The van der Waals surface area contributed by atoms with Gasteiger partial charge in [-0.15, -0.1) is 0 Å². The second-order valence-corrected chi connectivity index (χ2v) is 7.69. The molecule has 136 valence electrons. The molecule has 2 aromatic heterocycles. The van der Waals surface area contributed by atoms with Crippen LogP contribution in [0.4, 0.5) is 0 Å². The zero-order chi connectivity index (χ0) is 18.2. The molecule has 3 aromatic rings. The molecule has 0 radical (unpaired) electrons. The van der Waals surface area contributed by atoms with Crippen LogP contribution in [0.5, 0.6) is 0 Å². The lowest BCUT2D eigenvalue weighted by Crippen LogP contribution is -2.32. The summed E-state index contributed by atoms with van der Waals surface area (Å²) >= 11 is 6.08. The van der Waals surface area contributed by atoms with E-state index in [1.807, 2.05) is 36.7 Å². The van der Waals surface area contributed by atoms with Gasteiger partial charge in [0.1, 0.15) is 5.69 Å². The van der Waals surface area contributed by atoms with E-state index >= 15 is 0 Å². The molecule has 4 heterocycles. The van der Waals surface area contributed by atoms with E-state index < -0.39 is 0 Å². The molecule has 27 heavy (non-hydrogen) atoms. The summed E-state index contributed by atoms with van der Waals surface area (Å²) in [7, 11) is 0. The van der Waals surface area contributed by atoms with Crippen molar-refractivity contribution in [3.05, 3.63) is 65.6 Å². The number of nitrogens with one attached hydrogen (secondary N) is 1. The van der Waals surface area contributed by atoms with E-state index in [0.717, 1.165) is 46.1 Å². The van der Waals surface area contributed by atoms with Crippen LogP contribution in [0, 0.1) is 0 Å². The summed E-state index contributed by atoms with van der Waals surface area (Å²) in [6.45, 7) is 2.35. The predicted octanol–water partition coefficient (Wildman–Crippen LogP) is 5.04. The van der Waals surface area contributed by atoms with Crippen molar-refractivity contribution in [1.82, 2.24) is 20.1 Å². The molecule has 0 bridgehead atoms. The highest BCUT2D eigenvalue weighted by Crippen LogP contribution is 2.39. The SMILES string of the molecule is Clc1ccc(-c2n[nH]c(C3=C[C@@H]4CCCN4CC3)c2-c2ccncc2)cc1. The highest BCUT2D eigenvalue weighted by molar-refractivity contribution is 6.30. The minimum absolute atomic E-state index is 0.571. The summed E-state index contributed by atoms with van der Waals surface area (Å²) < 4.78 is 0. The Hall–Kier alpha value is -2.43. The van der Waals surface area contributed by atoms with Crippen LogP contribution in [0.2, 0.25) is 5.02 Å². The molecule has 2 aliphatic heterocycles. The molecular formula is C22H21ClN4. The largest absolute Gasteiger partial charge is 0.297 e. The number of fused-ring (bicyclic) bond motifs is 1. The molecule has 2 aliphatic rings. The Bertz CT molecular complexity index is 975. The number of nitrogens with zero attached hydrogens (tertiary/aromatic N) is 3. The lowest BCUT2D eigenvalue weighted by Gasteiger charge is -2.28. The molecule has 0 unspecified atom stereocenters. The Morgan fingerprint density at radius 3 is 2.63 bits per heavy atom. The number of hydrogen-bond donors (Lipinski definition) is 1. The van der Waals surface area contributed by atoms with E-state index in [0.29, 0.717) is 6.04 Å². The first-order valence-corrected chi connectivity index (χ1v) is 9.87. The maximum Gasteiger partial charge on any atom is 0.101 e. The Labute approximate surface area is 163 Å². The van der Waals surface area contributed by atoms with Gasteiger partial charge in [-0.3, -0.25) is 15.0 Å². The smallest absolute Gasteiger partial charge is 0.101 e. The van der Waals surface area contributed by atoms with Crippen LogP contribution in [0.15, 0.2) is 54.9 Å². The van der Waals surface area contributed by atoms with Gasteiger partial charge in [-0.05, 0) is 61.2 Å². The molecular weight excluding hydrogens is 356 g/mol. The zero-order valence-corrected chi connectivity index (χ0v) is 15.8. The van der Waals surface area contributed by atoms with Gasteiger partial charge in [0.2, 0.25) is 0 Å². The average Bonchev–Trinajstić information content (AvgIpc) is 3.35. The first kappa shape index (κ1) is 16.7. The number of aromatic nitrogens is 3. The van der Waals surface area contributed by atoms with Gasteiger partial charge in [-0.1, -0.05) is 29.8 Å². The van der Waals surface area contributed by atoms with Crippen molar-refractivity contribution in [3.8, 4) is 22.4 Å². The topological polar surface area (TPSA) is 44.8 Å². The number of H-pyrrole nitrogens is 1. The maximum absolute atomic E-state index is 6.08. The average molecular weight is 377 g/mol. The molecule has 0 saturated carbocycles. The zero-order valence-electron chi connectivity index (χ0n) is 15.0. The predicted molar refractivity (Wildman–Crippen MR) is 109 cm³/mol. The molecule has 1 fully saturated rings. The van der Waals surface area contributed by atoms with Crippen molar-refractivity contribution < 1.29 is 0 Å². The quantitative estimate of drug-likeness (QED) is 0.696. The Morgan fingerprint density at radius 1 is 1.00 bits per heavy atom. The minimum Gasteiger partial charge on any atom is -0.297 e. The monoisotopic (exact) mass is 376 g/mol. The fraction of sp³-hybridized carbons (Fsp3) is 0.273. The third-order valence-corrected chi connectivity index (χ3v) is 5.90. The highest BCUT2D eigenvalue weighted by atomic mass is 35.5. The van der Waals surface area contributed by atoms with Gasteiger partial charge in [-0.25, -0.2) is 0 Å². The summed E-state index contributed by atoms with van der Waals surface area (Å²) in [5.74, 6) is 0. The Kier molecular flexibility index (Phi) is 4.30. The lowest BCUT2D eigenvalue weighted by molar-refractivity contribution is 0.287. The van der Waals surface area contributed by atoms with Gasteiger partial charge in [0.25, 0.3) is 0 Å². The molecule has 1 N–H and O–H groups in total. The maximum atomic E-state index is 6.08. The number of pyridine rings is 1. The van der Waals surface area contributed by atoms with Crippen LogP contribution in [0.1, 0.15) is 25.0 Å². The van der Waals surface area contributed by atoms with Crippen molar-refractivity contribution in [3.63, 3.8) is 0 Å². The number of benzene rings is 1. The van der Waals surface area contributed by atoms with E-state index in [4.69, 9.17) is 16.7 Å². The normalized spacial score (nSPS) is 19.7. The number of rotatable bonds is 3. The third-order valence-electron chi connectivity index (χ3n) is 5.65. The molecule has 0 spiro atoms. The van der Waals surface area contributed by atoms with Crippen LogP contribution in [0.3, 0.4) is 0 Å². The van der Waals surface area contributed by atoms with Gasteiger partial charge in [0.15, 0.2) is 0 Å². The van der Waals surface area contributed by atoms with Crippen LogP contribution < -0.4 is 0 Å². The molecule has 0 aliphatic carbocycles. The molecule has 1 atom stereocenters. The van der Waals surface area contributed by atoms with E-state index in [2.05, 4.69) is 33.2 Å². The van der Waals surface area contributed by atoms with Gasteiger partial charge < -0.3 is 0 Å². The van der Waals surface area contributed by atoms with Crippen LogP contribution >= 0.6 is 11.6 Å². The summed E-state index contributed by atoms with van der Waals surface area (Å²) in [5.41, 5.74) is 6.82. The minimum atomic E-state index is 0.571. The Balaban J connectivity index is 1.65. The van der Waals surface area contributed by atoms with Gasteiger partial charge in [0, 0.05) is 41.1 Å². The van der Waals surface area contributed by atoms with Crippen molar-refractivity contribution in [1.29, 1.82) is 0 Å². The number of aromatic amines is 1. The molecule has 5 rings (SSSR count). The summed E-state index contributed by atoms with van der Waals surface area (Å²) in [5, 5.41) is 8.79. The molecule has 4 nitrogen and oxygen atoms in total. The molecule has 5 heteroatoms. The second-order valence-electron chi connectivity index (χ2n) is 7.25. The standard InChI is InChI=1S/C22H21ClN4/c23-18-5-3-16(4-6-18)21-20(15-7-10-24-11-8-15)22(26-25-21)17-9-13-27-12-1-2-19(27)14-17/h3-8,10-11,14,19H,1-2,9,12-13H2,(H,25,26)/t19-/m0/s1. The second kappa shape index (κ2) is 6.95. The summed E-state index contributed by atoms with van der Waals surface area (Å²) in [4.78, 5) is 6.78. The highest BCUT2D eigenvalue weighted by Gasteiger charge is 2.29. The van der Waals surface area contributed by atoms with Gasteiger partial charge in [0.05, 0.1) is 5.69 Å². The first-order valence-electron chi connectivity index (χ1n) is 9.49. The van der Waals surface area contributed by atoms with Gasteiger partial charge in [-0.2, -0.15) is 5.10 Å². The van der Waals surface area contributed by atoms with Crippen molar-refractivity contribution in [2.75, 3.05) is 13.1 Å². The molecule has 0 amide bonds. The Morgan fingerprint density at radius 2 is 1.81 bits per heavy atom. The van der Waals surface area contributed by atoms with Crippen LogP contribution in [0.25, 0.3) is 28.0 Å². The van der Waals surface area contributed by atoms with Crippen molar-refractivity contribution in [2.24, 2.45) is 0 Å². The number of halogens is 1. The lowest BCUT2D eigenvalue weighted by atomic mass is 9.92. The third kappa shape index (κ3) is 3.09. The molecule has 1 aromatic carbocycles. The number of hydrogen-bond acceptors (Lipinski definition) is 3. The summed E-state index contributed by atoms with van der Waals surface area (Å²) in [6.07, 6.45) is 9.73. The van der Waals surface area contributed by atoms with Crippen molar-refractivity contribution in [2.45, 2.75) is 25.3 Å². The van der Waals surface area contributed by atoms with E-state index in [1.165, 1.54) is 25.0 Å². The van der Waals surface area contributed by atoms with E-state index in [1.54, 1.807) is 0 Å². The van der Waals surface area contributed by atoms with Crippen LogP contribution in [-0.4, -0.2) is 39.2 Å². The van der Waals surface area contributed by atoms with Crippen LogP contribution in [-0.2, 0) is 0 Å². The fourth-order valence-electron chi connectivity index (χ4n) is 4.30. The fourth-order valence-corrected chi connectivity index (χ4v) is 4.42. The summed E-state index contributed by atoms with van der Waals surface area (Å²) in [6, 6.07) is 12.6. The first-order chi connectivity index (χ1) is 13.3. The molecule has 1 saturated heterocycles. The van der Waals surface area contributed by atoms with Crippen molar-refractivity contribution >= 4 is 17.2 Å². The van der Waals surface area contributed by atoms with E-state index in [-0.39, 0.29) is 0 Å². The van der Waals surface area contributed by atoms with E-state index in [9.17, 15) is 0 Å². The van der Waals surface area contributed by atoms with Gasteiger partial charge >= 0.3 is 0 Å².